The maximum Gasteiger partial charge on any atom is 0.185 e. The second kappa shape index (κ2) is 7.74. The van der Waals surface area contributed by atoms with Gasteiger partial charge in [0.1, 0.15) is 0 Å². The van der Waals surface area contributed by atoms with Gasteiger partial charge in [0.25, 0.3) is 0 Å². The monoisotopic (exact) mass is 269 g/mol. The van der Waals surface area contributed by atoms with Crippen molar-refractivity contribution in [2.24, 2.45) is 0 Å². The lowest BCUT2D eigenvalue weighted by Crippen LogP contribution is -2.18. The number of rotatable bonds is 8. The summed E-state index contributed by atoms with van der Waals surface area (Å²) in [5.41, 5.74) is 1.17. The number of nitrogens with zero attached hydrogens (tertiary/aromatic N) is 2. The number of anilines is 1. The van der Waals surface area contributed by atoms with E-state index in [0.29, 0.717) is 6.04 Å². The van der Waals surface area contributed by atoms with Gasteiger partial charge in [-0.15, -0.1) is 11.3 Å². The van der Waals surface area contributed by atoms with Crippen molar-refractivity contribution in [1.29, 1.82) is 0 Å². The van der Waals surface area contributed by atoms with Gasteiger partial charge in [0.05, 0.1) is 5.69 Å². The lowest BCUT2D eigenvalue weighted by molar-refractivity contribution is 0.603. The summed E-state index contributed by atoms with van der Waals surface area (Å²) in [4.78, 5) is 8.35. The Labute approximate surface area is 116 Å². The van der Waals surface area contributed by atoms with Crippen molar-refractivity contribution in [3.8, 4) is 0 Å². The van der Waals surface area contributed by atoms with Crippen molar-refractivity contribution in [3.05, 3.63) is 10.6 Å². The first-order chi connectivity index (χ1) is 8.60. The molecule has 3 nitrogen and oxygen atoms in total. The molecule has 1 N–H and O–H groups in total. The highest BCUT2D eigenvalue weighted by molar-refractivity contribution is 7.15. The summed E-state index contributed by atoms with van der Waals surface area (Å²) in [6, 6.07) is 0.408. The SMILES string of the molecule is CCCCCN(C)c1nc(C)c(C(C)NCC)s1. The quantitative estimate of drug-likeness (QED) is 0.729. The molecule has 18 heavy (non-hydrogen) atoms. The third-order valence-corrected chi connectivity index (χ3v) is 4.60. The Hall–Kier alpha value is -0.610. The largest absolute Gasteiger partial charge is 0.351 e. The maximum atomic E-state index is 4.70. The number of hydrogen-bond donors (Lipinski definition) is 1. The smallest absolute Gasteiger partial charge is 0.185 e. The lowest BCUT2D eigenvalue weighted by atomic mass is 10.2. The van der Waals surface area contributed by atoms with Crippen LogP contribution in [0.2, 0.25) is 0 Å². The molecule has 0 aliphatic heterocycles. The fraction of sp³-hybridized carbons (Fsp3) is 0.786. The van der Waals surface area contributed by atoms with E-state index in [1.165, 1.54) is 29.8 Å². The molecular weight excluding hydrogens is 242 g/mol. The van der Waals surface area contributed by atoms with Crippen LogP contribution in [-0.4, -0.2) is 25.1 Å². The molecule has 0 bridgehead atoms. The Bertz CT molecular complexity index is 349. The standard InChI is InChI=1S/C14H27N3S/c1-6-8-9-10-17(5)14-16-12(4)13(18-14)11(3)15-7-2/h11,15H,6-10H2,1-5H3. The van der Waals surface area contributed by atoms with E-state index in [9.17, 15) is 0 Å². The zero-order valence-electron chi connectivity index (χ0n) is 12.4. The molecule has 1 rings (SSSR count). The van der Waals surface area contributed by atoms with Crippen LogP contribution in [0.3, 0.4) is 0 Å². The summed E-state index contributed by atoms with van der Waals surface area (Å²) in [6.07, 6.45) is 3.83. The highest BCUT2D eigenvalue weighted by Gasteiger charge is 2.15. The van der Waals surface area contributed by atoms with Crippen molar-refractivity contribution >= 4 is 16.5 Å². The van der Waals surface area contributed by atoms with Crippen LogP contribution < -0.4 is 10.2 Å². The molecule has 0 aliphatic rings. The minimum absolute atomic E-state index is 0.408. The fourth-order valence-electron chi connectivity index (χ4n) is 2.05. The van der Waals surface area contributed by atoms with E-state index in [1.54, 1.807) is 0 Å². The van der Waals surface area contributed by atoms with Crippen LogP contribution in [0.1, 0.15) is 56.6 Å². The second-order valence-electron chi connectivity index (χ2n) is 4.85. The third-order valence-electron chi connectivity index (χ3n) is 3.15. The summed E-state index contributed by atoms with van der Waals surface area (Å²) in [6.45, 7) is 10.8. The molecular formula is C14H27N3S. The zero-order valence-corrected chi connectivity index (χ0v) is 13.2. The van der Waals surface area contributed by atoms with Gasteiger partial charge in [-0.1, -0.05) is 26.7 Å². The number of nitrogens with one attached hydrogen (secondary N) is 1. The zero-order chi connectivity index (χ0) is 13.5. The molecule has 0 radical (unpaired) electrons. The molecule has 1 heterocycles. The van der Waals surface area contributed by atoms with Gasteiger partial charge in [-0.3, -0.25) is 0 Å². The highest BCUT2D eigenvalue weighted by Crippen LogP contribution is 2.30. The van der Waals surface area contributed by atoms with Crippen LogP contribution >= 0.6 is 11.3 Å². The average Bonchev–Trinajstić information content (AvgIpc) is 2.72. The van der Waals surface area contributed by atoms with Gasteiger partial charge >= 0.3 is 0 Å². The molecule has 1 unspecified atom stereocenters. The van der Waals surface area contributed by atoms with Gasteiger partial charge < -0.3 is 10.2 Å². The maximum absolute atomic E-state index is 4.70. The molecule has 0 aromatic carbocycles. The fourth-order valence-corrected chi connectivity index (χ4v) is 3.13. The summed E-state index contributed by atoms with van der Waals surface area (Å²) in [7, 11) is 2.15. The third kappa shape index (κ3) is 4.25. The predicted octanol–water partition coefficient (Wildman–Crippen LogP) is 3.75. The Morgan fingerprint density at radius 2 is 2.06 bits per heavy atom. The molecule has 0 fully saturated rings. The first-order valence-corrected chi connectivity index (χ1v) is 7.83. The van der Waals surface area contributed by atoms with Crippen molar-refractivity contribution < 1.29 is 0 Å². The molecule has 0 amide bonds. The first kappa shape index (κ1) is 15.4. The molecule has 0 spiro atoms. The Balaban J connectivity index is 2.64. The summed E-state index contributed by atoms with van der Waals surface area (Å²) >= 11 is 1.83. The van der Waals surface area contributed by atoms with Gasteiger partial charge in [0.2, 0.25) is 0 Å². The van der Waals surface area contributed by atoms with E-state index in [0.717, 1.165) is 18.2 Å². The highest BCUT2D eigenvalue weighted by atomic mass is 32.1. The molecule has 1 atom stereocenters. The molecule has 0 saturated heterocycles. The molecule has 104 valence electrons. The van der Waals surface area contributed by atoms with Crippen LogP contribution in [0.4, 0.5) is 5.13 Å². The number of thiazole rings is 1. The van der Waals surface area contributed by atoms with Crippen LogP contribution in [0.5, 0.6) is 0 Å². The van der Waals surface area contributed by atoms with Crippen LogP contribution in [0.25, 0.3) is 0 Å². The normalized spacial score (nSPS) is 12.7. The minimum Gasteiger partial charge on any atom is -0.351 e. The number of unbranched alkanes of at least 4 members (excludes halogenated alkanes) is 2. The first-order valence-electron chi connectivity index (χ1n) is 7.01. The van der Waals surface area contributed by atoms with E-state index < -0.39 is 0 Å². The lowest BCUT2D eigenvalue weighted by Gasteiger charge is -2.15. The molecule has 0 aliphatic carbocycles. The predicted molar refractivity (Wildman–Crippen MR) is 81.7 cm³/mol. The van der Waals surface area contributed by atoms with Gasteiger partial charge in [-0.05, 0) is 26.8 Å². The molecule has 0 saturated carbocycles. The van der Waals surface area contributed by atoms with Crippen molar-refractivity contribution in [3.63, 3.8) is 0 Å². The van der Waals surface area contributed by atoms with Crippen LogP contribution in [-0.2, 0) is 0 Å². The number of aryl methyl sites for hydroxylation is 1. The molecule has 4 heteroatoms. The topological polar surface area (TPSA) is 28.2 Å². The van der Waals surface area contributed by atoms with E-state index in [4.69, 9.17) is 4.98 Å². The Kier molecular flexibility index (Phi) is 6.65. The second-order valence-corrected chi connectivity index (χ2v) is 5.86. The molecule has 1 aromatic rings. The van der Waals surface area contributed by atoms with Gasteiger partial charge in [0, 0.05) is 24.5 Å². The summed E-state index contributed by atoms with van der Waals surface area (Å²) in [5, 5.41) is 4.61. The van der Waals surface area contributed by atoms with E-state index in [-0.39, 0.29) is 0 Å². The van der Waals surface area contributed by atoms with E-state index in [2.05, 4.69) is 45.0 Å². The summed E-state index contributed by atoms with van der Waals surface area (Å²) in [5.74, 6) is 0. The van der Waals surface area contributed by atoms with E-state index >= 15 is 0 Å². The van der Waals surface area contributed by atoms with Crippen molar-refractivity contribution in [1.82, 2.24) is 10.3 Å². The van der Waals surface area contributed by atoms with E-state index in [1.807, 2.05) is 11.3 Å². The minimum atomic E-state index is 0.408. The van der Waals surface area contributed by atoms with Crippen molar-refractivity contribution in [2.75, 3.05) is 25.0 Å². The Morgan fingerprint density at radius 1 is 1.33 bits per heavy atom. The average molecular weight is 269 g/mol. The van der Waals surface area contributed by atoms with Gasteiger partial charge in [0.15, 0.2) is 5.13 Å². The van der Waals surface area contributed by atoms with Crippen LogP contribution in [0, 0.1) is 6.92 Å². The van der Waals surface area contributed by atoms with Gasteiger partial charge in [-0.25, -0.2) is 4.98 Å². The van der Waals surface area contributed by atoms with Crippen molar-refractivity contribution in [2.45, 2.75) is 53.0 Å². The Morgan fingerprint density at radius 3 is 2.67 bits per heavy atom. The summed E-state index contributed by atoms with van der Waals surface area (Å²) < 4.78 is 0. The van der Waals surface area contributed by atoms with Gasteiger partial charge in [-0.2, -0.15) is 0 Å². The number of aromatic nitrogens is 1. The van der Waals surface area contributed by atoms with Crippen LogP contribution in [0.15, 0.2) is 0 Å². The molecule has 1 aromatic heterocycles. The number of hydrogen-bond acceptors (Lipinski definition) is 4.